The number of anilines is 2. The third-order valence-electron chi connectivity index (χ3n) is 5.95. The van der Waals surface area contributed by atoms with Gasteiger partial charge in [0.25, 0.3) is 0 Å². The number of benzene rings is 3. The van der Waals surface area contributed by atoms with Crippen LogP contribution in [0.5, 0.6) is 11.5 Å². The number of hydrogen-bond donors (Lipinski definition) is 0. The van der Waals surface area contributed by atoms with Crippen molar-refractivity contribution in [2.75, 3.05) is 11.4 Å². The molecular weight excluding hydrogens is 368 g/mol. The second kappa shape index (κ2) is 7.49. The molecule has 1 aromatic heterocycles. The first-order valence-corrected chi connectivity index (χ1v) is 10.6. The van der Waals surface area contributed by atoms with Crippen molar-refractivity contribution in [1.29, 1.82) is 0 Å². The van der Waals surface area contributed by atoms with E-state index in [-0.39, 0.29) is 0 Å². The van der Waals surface area contributed by atoms with Gasteiger partial charge in [0.05, 0.1) is 5.69 Å². The van der Waals surface area contributed by atoms with Gasteiger partial charge in [-0.2, -0.15) is 0 Å². The highest BCUT2D eigenvalue weighted by atomic mass is 16.5. The lowest BCUT2D eigenvalue weighted by atomic mass is 10.0. The van der Waals surface area contributed by atoms with Gasteiger partial charge in [0, 0.05) is 23.3 Å². The Bertz CT molecular complexity index is 1200. The molecule has 3 heteroatoms. The molecule has 0 aliphatic carbocycles. The van der Waals surface area contributed by atoms with Crippen LogP contribution in [0, 0.1) is 6.92 Å². The summed E-state index contributed by atoms with van der Waals surface area (Å²) in [7, 11) is 0. The fourth-order valence-electron chi connectivity index (χ4n) is 4.34. The van der Waals surface area contributed by atoms with Gasteiger partial charge in [-0.25, -0.2) is 4.98 Å². The Hall–Kier alpha value is -3.33. The van der Waals surface area contributed by atoms with Gasteiger partial charge in [0.1, 0.15) is 11.3 Å². The van der Waals surface area contributed by atoms with Gasteiger partial charge < -0.3 is 9.64 Å². The van der Waals surface area contributed by atoms with Gasteiger partial charge in [0.2, 0.25) is 0 Å². The highest BCUT2D eigenvalue weighted by molar-refractivity contribution is 6.00. The summed E-state index contributed by atoms with van der Waals surface area (Å²) in [4.78, 5) is 7.39. The molecule has 0 saturated carbocycles. The molecule has 0 fully saturated rings. The van der Waals surface area contributed by atoms with Crippen molar-refractivity contribution >= 4 is 22.3 Å². The first-order chi connectivity index (χ1) is 14.6. The molecule has 2 heterocycles. The number of fused-ring (bicyclic) bond motifs is 3. The molecular formula is C27H26N2O. The summed E-state index contributed by atoms with van der Waals surface area (Å²) < 4.78 is 6.21. The smallest absolute Gasteiger partial charge is 0.153 e. The Morgan fingerprint density at radius 2 is 1.67 bits per heavy atom. The fraction of sp³-hybridized carbons (Fsp3) is 0.222. The van der Waals surface area contributed by atoms with Crippen LogP contribution in [-0.4, -0.2) is 11.5 Å². The van der Waals surface area contributed by atoms with E-state index >= 15 is 0 Å². The van der Waals surface area contributed by atoms with Crippen molar-refractivity contribution in [3.8, 4) is 11.5 Å². The van der Waals surface area contributed by atoms with Crippen LogP contribution < -0.4 is 9.64 Å². The fourth-order valence-corrected chi connectivity index (χ4v) is 4.34. The normalized spacial score (nSPS) is 13.1. The van der Waals surface area contributed by atoms with Gasteiger partial charge in [0.15, 0.2) is 5.75 Å². The van der Waals surface area contributed by atoms with Crippen LogP contribution in [0.3, 0.4) is 0 Å². The number of para-hydroxylation sites is 2. The molecule has 1 aliphatic rings. The standard InChI is InChI=1S/C27H26N2O/c1-18(2)20-12-14-21(15-13-20)29-17-16-23-19(3)28-26-24(27(23)29)10-7-11-25(26)30-22-8-5-4-6-9-22/h4-15,18H,16-17H2,1-3H3. The van der Waals surface area contributed by atoms with Crippen molar-refractivity contribution in [2.45, 2.75) is 33.1 Å². The predicted molar refractivity (Wildman–Crippen MR) is 124 cm³/mol. The van der Waals surface area contributed by atoms with Gasteiger partial charge in [-0.15, -0.1) is 0 Å². The zero-order chi connectivity index (χ0) is 20.7. The molecule has 3 aromatic carbocycles. The Labute approximate surface area is 178 Å². The van der Waals surface area contributed by atoms with Gasteiger partial charge in [-0.05, 0) is 60.7 Å². The first-order valence-electron chi connectivity index (χ1n) is 10.6. The van der Waals surface area contributed by atoms with Crippen LogP contribution in [-0.2, 0) is 6.42 Å². The first kappa shape index (κ1) is 18.7. The molecule has 150 valence electrons. The number of nitrogens with zero attached hydrogens (tertiary/aromatic N) is 2. The minimum absolute atomic E-state index is 0.537. The maximum Gasteiger partial charge on any atom is 0.153 e. The monoisotopic (exact) mass is 394 g/mol. The average Bonchev–Trinajstić information content (AvgIpc) is 3.21. The average molecular weight is 395 g/mol. The predicted octanol–water partition coefficient (Wildman–Crippen LogP) is 7.15. The maximum absolute atomic E-state index is 6.21. The van der Waals surface area contributed by atoms with E-state index in [1.165, 1.54) is 22.5 Å². The van der Waals surface area contributed by atoms with Gasteiger partial charge in [-0.1, -0.05) is 56.3 Å². The molecule has 0 atom stereocenters. The highest BCUT2D eigenvalue weighted by Crippen LogP contribution is 2.43. The van der Waals surface area contributed by atoms with Crippen molar-refractivity contribution in [1.82, 2.24) is 4.98 Å². The zero-order valence-corrected chi connectivity index (χ0v) is 17.7. The van der Waals surface area contributed by atoms with E-state index in [9.17, 15) is 0 Å². The molecule has 3 nitrogen and oxygen atoms in total. The number of aromatic nitrogens is 1. The molecule has 1 aliphatic heterocycles. The summed E-state index contributed by atoms with van der Waals surface area (Å²) >= 11 is 0. The molecule has 0 spiro atoms. The molecule has 5 rings (SSSR count). The number of ether oxygens (including phenoxy) is 1. The Morgan fingerprint density at radius 1 is 0.900 bits per heavy atom. The number of rotatable bonds is 4. The van der Waals surface area contributed by atoms with Crippen LogP contribution in [0.15, 0.2) is 72.8 Å². The molecule has 0 saturated heterocycles. The van der Waals surface area contributed by atoms with Crippen LogP contribution in [0.4, 0.5) is 11.4 Å². The molecule has 0 unspecified atom stereocenters. The topological polar surface area (TPSA) is 25.4 Å². The molecule has 0 amide bonds. The third-order valence-corrected chi connectivity index (χ3v) is 5.95. The van der Waals surface area contributed by atoms with Crippen molar-refractivity contribution < 1.29 is 4.74 Å². The lowest BCUT2D eigenvalue weighted by Gasteiger charge is -2.23. The van der Waals surface area contributed by atoms with Gasteiger partial charge in [-0.3, -0.25) is 0 Å². The molecule has 0 bridgehead atoms. The lowest BCUT2D eigenvalue weighted by Crippen LogP contribution is -2.13. The minimum Gasteiger partial charge on any atom is -0.455 e. The number of hydrogen-bond acceptors (Lipinski definition) is 3. The Morgan fingerprint density at radius 3 is 2.40 bits per heavy atom. The summed E-state index contributed by atoms with van der Waals surface area (Å²) in [5.41, 5.74) is 7.22. The largest absolute Gasteiger partial charge is 0.455 e. The molecule has 30 heavy (non-hydrogen) atoms. The van der Waals surface area contributed by atoms with Crippen molar-refractivity contribution in [3.63, 3.8) is 0 Å². The SMILES string of the molecule is Cc1nc2c(Oc3ccccc3)cccc2c2c1CCN2c1ccc(C(C)C)cc1. The number of aryl methyl sites for hydroxylation is 1. The minimum atomic E-state index is 0.537. The van der Waals surface area contributed by atoms with E-state index in [2.05, 4.69) is 62.1 Å². The summed E-state index contributed by atoms with van der Waals surface area (Å²) in [5.74, 6) is 2.16. The van der Waals surface area contributed by atoms with Crippen LogP contribution >= 0.6 is 0 Å². The van der Waals surface area contributed by atoms with Crippen molar-refractivity contribution in [3.05, 3.63) is 89.6 Å². The summed E-state index contributed by atoms with van der Waals surface area (Å²) in [6, 6.07) is 25.1. The maximum atomic E-state index is 6.21. The van der Waals surface area contributed by atoms with Crippen molar-refractivity contribution in [2.24, 2.45) is 0 Å². The summed E-state index contributed by atoms with van der Waals surface area (Å²) in [5, 5.41) is 1.15. The number of pyridine rings is 1. The summed E-state index contributed by atoms with van der Waals surface area (Å²) in [6.45, 7) is 7.55. The summed E-state index contributed by atoms with van der Waals surface area (Å²) in [6.07, 6.45) is 1.01. The van der Waals surface area contributed by atoms with E-state index < -0.39 is 0 Å². The van der Waals surface area contributed by atoms with Crippen LogP contribution in [0.25, 0.3) is 10.9 Å². The molecule has 0 radical (unpaired) electrons. The molecule has 4 aromatic rings. The Balaban J connectivity index is 1.62. The van der Waals surface area contributed by atoms with Gasteiger partial charge >= 0.3 is 0 Å². The second-order valence-electron chi connectivity index (χ2n) is 8.24. The lowest BCUT2D eigenvalue weighted by molar-refractivity contribution is 0.487. The van der Waals surface area contributed by atoms with E-state index in [1.807, 2.05) is 36.4 Å². The molecule has 0 N–H and O–H groups in total. The quantitative estimate of drug-likeness (QED) is 0.367. The van der Waals surface area contributed by atoms with E-state index in [1.54, 1.807) is 0 Å². The van der Waals surface area contributed by atoms with Crippen LogP contribution in [0.1, 0.15) is 36.6 Å². The van der Waals surface area contributed by atoms with Crippen LogP contribution in [0.2, 0.25) is 0 Å². The van der Waals surface area contributed by atoms with E-state index in [4.69, 9.17) is 9.72 Å². The second-order valence-corrected chi connectivity index (χ2v) is 8.24. The van der Waals surface area contributed by atoms with E-state index in [0.29, 0.717) is 5.92 Å². The van der Waals surface area contributed by atoms with E-state index in [0.717, 1.165) is 41.1 Å². The highest BCUT2D eigenvalue weighted by Gasteiger charge is 2.26. The zero-order valence-electron chi connectivity index (χ0n) is 17.7. The third kappa shape index (κ3) is 3.21. The Kier molecular flexibility index (Phi) is 4.66.